The number of hydrogen-bond donors (Lipinski definition) is 2. The fraction of sp³-hybridized carbons (Fsp3) is 0.625. The van der Waals surface area contributed by atoms with Gasteiger partial charge in [0, 0.05) is 0 Å². The number of nitrogens with one attached hydrogen (secondary N) is 1. The van der Waals surface area contributed by atoms with E-state index in [1.807, 2.05) is 12.1 Å². The van der Waals surface area contributed by atoms with E-state index in [1.54, 1.807) is 0 Å². The molecule has 0 aromatic heterocycles. The highest BCUT2D eigenvalue weighted by atomic mass is 35.5. The Labute approximate surface area is 130 Å². The second-order valence-electron chi connectivity index (χ2n) is 6.21. The molecular weight excluding hydrogens is 293 g/mol. The Hall–Kier alpha value is -0.280. The van der Waals surface area contributed by atoms with Crippen LogP contribution in [0.1, 0.15) is 37.7 Å². The van der Waals surface area contributed by atoms with Crippen LogP contribution in [-0.4, -0.2) is 24.3 Å². The number of benzene rings is 1. The lowest BCUT2D eigenvalue weighted by atomic mass is 9.61. The molecule has 1 atom stereocenters. The number of rotatable bonds is 2. The van der Waals surface area contributed by atoms with Crippen molar-refractivity contribution in [1.82, 2.24) is 5.32 Å². The van der Waals surface area contributed by atoms with Crippen LogP contribution in [0.4, 0.5) is 0 Å². The van der Waals surface area contributed by atoms with Crippen LogP contribution in [0.2, 0.25) is 10.0 Å². The maximum atomic E-state index is 9.87. The Kier molecular flexibility index (Phi) is 4.28. The van der Waals surface area contributed by atoms with E-state index in [0.29, 0.717) is 16.0 Å². The van der Waals surface area contributed by atoms with E-state index in [2.05, 4.69) is 11.4 Å². The van der Waals surface area contributed by atoms with Crippen molar-refractivity contribution in [3.8, 4) is 0 Å². The molecular formula is C16H21Cl2NO. The van der Waals surface area contributed by atoms with Crippen LogP contribution < -0.4 is 5.32 Å². The maximum absolute atomic E-state index is 9.87. The van der Waals surface area contributed by atoms with Crippen LogP contribution in [0.3, 0.4) is 0 Å². The third kappa shape index (κ3) is 2.59. The lowest BCUT2D eigenvalue weighted by Crippen LogP contribution is -2.41. The van der Waals surface area contributed by atoms with E-state index >= 15 is 0 Å². The molecule has 0 unspecified atom stereocenters. The van der Waals surface area contributed by atoms with Gasteiger partial charge < -0.3 is 10.4 Å². The fourth-order valence-electron chi connectivity index (χ4n) is 3.98. The molecule has 1 aliphatic heterocycles. The van der Waals surface area contributed by atoms with Crippen molar-refractivity contribution in [3.05, 3.63) is 33.8 Å². The Bertz CT molecular complexity index is 477. The van der Waals surface area contributed by atoms with Crippen molar-refractivity contribution in [1.29, 1.82) is 0 Å². The highest BCUT2D eigenvalue weighted by Crippen LogP contribution is 2.48. The molecule has 1 aromatic rings. The average Bonchev–Trinajstić information content (AvgIpc) is 2.98. The van der Waals surface area contributed by atoms with Gasteiger partial charge in [-0.05, 0) is 74.2 Å². The summed E-state index contributed by atoms with van der Waals surface area (Å²) in [6, 6.07) is 6.08. The molecule has 1 saturated carbocycles. The fourth-order valence-corrected chi connectivity index (χ4v) is 4.28. The minimum Gasteiger partial charge on any atom is -0.393 e. The first-order valence-electron chi connectivity index (χ1n) is 7.46. The molecule has 2 aliphatic rings. The monoisotopic (exact) mass is 313 g/mol. The van der Waals surface area contributed by atoms with Crippen LogP contribution in [0.5, 0.6) is 0 Å². The molecule has 2 fully saturated rings. The first-order valence-corrected chi connectivity index (χ1v) is 8.22. The topological polar surface area (TPSA) is 32.3 Å². The van der Waals surface area contributed by atoms with Crippen molar-refractivity contribution < 1.29 is 5.11 Å². The summed E-state index contributed by atoms with van der Waals surface area (Å²) in [5, 5.41) is 14.6. The van der Waals surface area contributed by atoms with E-state index in [9.17, 15) is 5.11 Å². The first-order chi connectivity index (χ1) is 9.62. The largest absolute Gasteiger partial charge is 0.393 e. The van der Waals surface area contributed by atoms with Crippen LogP contribution in [-0.2, 0) is 5.41 Å². The zero-order valence-electron chi connectivity index (χ0n) is 11.5. The zero-order chi connectivity index (χ0) is 14.2. The number of aliphatic hydroxyl groups is 1. The van der Waals surface area contributed by atoms with Crippen molar-refractivity contribution in [2.45, 2.75) is 43.6 Å². The summed E-state index contributed by atoms with van der Waals surface area (Å²) in [7, 11) is 0. The Balaban J connectivity index is 1.97. The summed E-state index contributed by atoms with van der Waals surface area (Å²) in [4.78, 5) is 0. The van der Waals surface area contributed by atoms with Crippen molar-refractivity contribution in [3.63, 3.8) is 0 Å². The second kappa shape index (κ2) is 5.84. The van der Waals surface area contributed by atoms with Crippen molar-refractivity contribution in [2.24, 2.45) is 5.92 Å². The molecule has 1 aliphatic carbocycles. The molecule has 3 rings (SSSR count). The Morgan fingerprint density at radius 1 is 1.10 bits per heavy atom. The average molecular weight is 314 g/mol. The molecule has 0 radical (unpaired) electrons. The standard InChI is InChI=1S/C16H21Cl2NO/c17-14-2-1-11(9-15(14)18)16(12-5-8-19-10-12)6-3-13(20)4-7-16/h1-2,9,12-13,19-20H,3-8,10H2/t12-,13-,16+/m0/s1. The summed E-state index contributed by atoms with van der Waals surface area (Å²) in [5.74, 6) is 0.632. The molecule has 1 aromatic carbocycles. The van der Waals surface area contributed by atoms with Crippen LogP contribution in [0.15, 0.2) is 18.2 Å². The molecule has 0 bridgehead atoms. The summed E-state index contributed by atoms with van der Waals surface area (Å²) < 4.78 is 0. The van der Waals surface area contributed by atoms with Crippen LogP contribution >= 0.6 is 23.2 Å². The zero-order valence-corrected chi connectivity index (χ0v) is 13.1. The molecule has 1 saturated heterocycles. The molecule has 2 N–H and O–H groups in total. The van der Waals surface area contributed by atoms with Crippen molar-refractivity contribution >= 4 is 23.2 Å². The molecule has 1 heterocycles. The van der Waals surface area contributed by atoms with Gasteiger partial charge in [0.1, 0.15) is 0 Å². The summed E-state index contributed by atoms with van der Waals surface area (Å²) in [6.45, 7) is 2.16. The lowest BCUT2D eigenvalue weighted by Gasteiger charge is -2.44. The summed E-state index contributed by atoms with van der Waals surface area (Å²) in [5.41, 5.74) is 1.45. The van der Waals surface area contributed by atoms with Crippen LogP contribution in [0, 0.1) is 5.92 Å². The van der Waals surface area contributed by atoms with Crippen LogP contribution in [0.25, 0.3) is 0 Å². The van der Waals surface area contributed by atoms with Gasteiger partial charge >= 0.3 is 0 Å². The van der Waals surface area contributed by atoms with Gasteiger partial charge in [0.2, 0.25) is 0 Å². The number of aliphatic hydroxyl groups excluding tert-OH is 1. The molecule has 2 nitrogen and oxygen atoms in total. The van der Waals surface area contributed by atoms with Gasteiger partial charge in [-0.25, -0.2) is 0 Å². The quantitative estimate of drug-likeness (QED) is 0.871. The minimum absolute atomic E-state index is 0.139. The van der Waals surface area contributed by atoms with E-state index in [1.165, 1.54) is 12.0 Å². The van der Waals surface area contributed by atoms with Gasteiger partial charge in [0.15, 0.2) is 0 Å². The first kappa shape index (κ1) is 14.6. The normalized spacial score (nSPS) is 34.4. The van der Waals surface area contributed by atoms with Gasteiger partial charge in [0.25, 0.3) is 0 Å². The van der Waals surface area contributed by atoms with Crippen molar-refractivity contribution in [2.75, 3.05) is 13.1 Å². The number of halogens is 2. The van der Waals surface area contributed by atoms with E-state index < -0.39 is 0 Å². The minimum atomic E-state index is -0.139. The third-order valence-corrected chi connectivity index (χ3v) is 5.92. The molecule has 20 heavy (non-hydrogen) atoms. The van der Waals surface area contributed by atoms with Gasteiger partial charge in [-0.1, -0.05) is 29.3 Å². The van der Waals surface area contributed by atoms with Gasteiger partial charge in [0.05, 0.1) is 16.1 Å². The lowest BCUT2D eigenvalue weighted by molar-refractivity contribution is 0.0745. The molecule has 110 valence electrons. The summed E-state index contributed by atoms with van der Waals surface area (Å²) in [6.07, 6.45) is 4.92. The van der Waals surface area contributed by atoms with E-state index in [0.717, 1.165) is 38.8 Å². The highest BCUT2D eigenvalue weighted by Gasteiger charge is 2.43. The predicted molar refractivity (Wildman–Crippen MR) is 83.6 cm³/mol. The second-order valence-corrected chi connectivity index (χ2v) is 7.02. The summed E-state index contributed by atoms with van der Waals surface area (Å²) >= 11 is 12.3. The molecule has 0 spiro atoms. The van der Waals surface area contributed by atoms with Gasteiger partial charge in [-0.3, -0.25) is 0 Å². The van der Waals surface area contributed by atoms with E-state index in [-0.39, 0.29) is 11.5 Å². The Morgan fingerprint density at radius 2 is 1.85 bits per heavy atom. The van der Waals surface area contributed by atoms with Gasteiger partial charge in [-0.2, -0.15) is 0 Å². The third-order valence-electron chi connectivity index (χ3n) is 5.18. The van der Waals surface area contributed by atoms with Gasteiger partial charge in [-0.15, -0.1) is 0 Å². The predicted octanol–water partition coefficient (Wildman–Crippen LogP) is 3.78. The smallest absolute Gasteiger partial charge is 0.0595 e. The van der Waals surface area contributed by atoms with E-state index in [4.69, 9.17) is 23.2 Å². The molecule has 0 amide bonds. The molecule has 4 heteroatoms. The Morgan fingerprint density at radius 3 is 2.45 bits per heavy atom. The number of hydrogen-bond acceptors (Lipinski definition) is 2. The maximum Gasteiger partial charge on any atom is 0.0595 e. The highest BCUT2D eigenvalue weighted by molar-refractivity contribution is 6.42. The SMILES string of the molecule is O[C@H]1CC[C@@](c2ccc(Cl)c(Cl)c2)([C@H]2CCNC2)CC1.